The van der Waals surface area contributed by atoms with E-state index in [2.05, 4.69) is 0 Å². The first-order chi connectivity index (χ1) is 11.2. The molecule has 0 bridgehead atoms. The van der Waals surface area contributed by atoms with Gasteiger partial charge in [-0.25, -0.2) is 0 Å². The van der Waals surface area contributed by atoms with Crippen molar-refractivity contribution in [1.82, 2.24) is 0 Å². The van der Waals surface area contributed by atoms with Crippen LogP contribution in [-0.2, 0) is 0 Å². The van der Waals surface area contributed by atoms with Gasteiger partial charge in [-0.3, -0.25) is 4.79 Å². The highest BCUT2D eigenvalue weighted by molar-refractivity contribution is 5.96. The van der Waals surface area contributed by atoms with Crippen LogP contribution in [0.15, 0.2) is 48.5 Å². The summed E-state index contributed by atoms with van der Waals surface area (Å²) in [5.74, 6) is 2.11. The molecule has 0 fully saturated rings. The van der Waals surface area contributed by atoms with Crippen LogP contribution in [-0.4, -0.2) is 25.6 Å². The van der Waals surface area contributed by atoms with Gasteiger partial charge in [0, 0.05) is 6.42 Å². The van der Waals surface area contributed by atoms with Crippen molar-refractivity contribution in [3.05, 3.63) is 54.1 Å². The summed E-state index contributed by atoms with van der Waals surface area (Å²) in [5, 5.41) is 0. The minimum absolute atomic E-state index is 0.00231. The predicted octanol–water partition coefficient (Wildman–Crippen LogP) is 4.14. The molecule has 4 nitrogen and oxygen atoms in total. The number of carbonyl (C=O) groups is 1. The molecule has 0 heterocycles. The first-order valence-corrected chi connectivity index (χ1v) is 7.79. The first-order valence-electron chi connectivity index (χ1n) is 7.79. The summed E-state index contributed by atoms with van der Waals surface area (Å²) in [7, 11) is 0. The molecule has 2 aromatic carbocycles. The van der Waals surface area contributed by atoms with Crippen molar-refractivity contribution in [3.63, 3.8) is 0 Å². The topological polar surface area (TPSA) is 44.8 Å². The molecule has 0 amide bonds. The highest BCUT2D eigenvalue weighted by Crippen LogP contribution is 2.26. The maximum atomic E-state index is 11.5. The Morgan fingerprint density at radius 3 is 1.96 bits per heavy atom. The third-order valence-corrected chi connectivity index (χ3v) is 3.22. The molecule has 0 aromatic heterocycles. The van der Waals surface area contributed by atoms with E-state index in [9.17, 15) is 4.79 Å². The van der Waals surface area contributed by atoms with E-state index >= 15 is 0 Å². The van der Waals surface area contributed by atoms with Crippen molar-refractivity contribution < 1.29 is 19.0 Å². The molecule has 2 rings (SSSR count). The van der Waals surface area contributed by atoms with Crippen LogP contribution in [0.5, 0.6) is 17.2 Å². The average Bonchev–Trinajstić information content (AvgIpc) is 2.56. The zero-order valence-electron chi connectivity index (χ0n) is 13.6. The summed E-state index contributed by atoms with van der Waals surface area (Å²) in [6.07, 6.45) is 0.715. The summed E-state index contributed by atoms with van der Waals surface area (Å²) < 4.78 is 16.9. The second-order valence-corrected chi connectivity index (χ2v) is 4.98. The van der Waals surface area contributed by atoms with Crippen molar-refractivity contribution in [2.45, 2.75) is 20.3 Å². The number of rotatable bonds is 9. The van der Waals surface area contributed by atoms with Gasteiger partial charge in [-0.05, 0) is 38.1 Å². The molecule has 0 N–H and O–H groups in total. The largest absolute Gasteiger partial charge is 0.493 e. The number of carbonyl (C=O) groups excluding carboxylic acids is 1. The average molecular weight is 314 g/mol. The van der Waals surface area contributed by atoms with Gasteiger partial charge in [0.2, 0.25) is 0 Å². The Bertz CT molecular complexity index is 637. The molecule has 0 atom stereocenters. The molecule has 0 aliphatic carbocycles. The molecule has 0 saturated carbocycles. The Hall–Kier alpha value is -2.49. The molecule has 4 heteroatoms. The maximum absolute atomic E-state index is 11.5. The van der Waals surface area contributed by atoms with E-state index in [1.165, 1.54) is 6.92 Å². The fraction of sp³-hybridized carbons (Fsp3) is 0.316. The molecule has 0 saturated heterocycles. The van der Waals surface area contributed by atoms with Crippen molar-refractivity contribution in [2.75, 3.05) is 19.8 Å². The lowest BCUT2D eigenvalue weighted by Gasteiger charge is -2.12. The van der Waals surface area contributed by atoms with Crippen molar-refractivity contribution in [1.29, 1.82) is 0 Å². The van der Waals surface area contributed by atoms with E-state index < -0.39 is 0 Å². The van der Waals surface area contributed by atoms with Gasteiger partial charge in [0.15, 0.2) is 17.3 Å². The van der Waals surface area contributed by atoms with Crippen LogP contribution in [0.4, 0.5) is 0 Å². The van der Waals surface area contributed by atoms with E-state index in [1.54, 1.807) is 6.07 Å². The molecule has 0 unspecified atom stereocenters. The molecule has 0 aliphatic rings. The summed E-state index contributed by atoms with van der Waals surface area (Å²) in [4.78, 5) is 11.5. The lowest BCUT2D eigenvalue weighted by molar-refractivity contribution is 0.101. The van der Waals surface area contributed by atoms with Crippen LogP contribution in [0, 0.1) is 0 Å². The number of ketones is 1. The van der Waals surface area contributed by atoms with Gasteiger partial charge in [-0.1, -0.05) is 24.3 Å². The summed E-state index contributed by atoms with van der Waals surface area (Å²) in [5.41, 5.74) is 0.607. The minimum Gasteiger partial charge on any atom is -0.493 e. The van der Waals surface area contributed by atoms with E-state index in [1.807, 2.05) is 49.4 Å². The van der Waals surface area contributed by atoms with Gasteiger partial charge in [0.05, 0.1) is 25.4 Å². The lowest BCUT2D eigenvalue weighted by atomic mass is 10.1. The van der Waals surface area contributed by atoms with Gasteiger partial charge < -0.3 is 14.2 Å². The number of benzene rings is 2. The quantitative estimate of drug-likeness (QED) is 0.515. The summed E-state index contributed by atoms with van der Waals surface area (Å²) >= 11 is 0. The smallest absolute Gasteiger partial charge is 0.163 e. The third-order valence-electron chi connectivity index (χ3n) is 3.22. The Morgan fingerprint density at radius 2 is 1.35 bits per heavy atom. The number of hydrogen-bond donors (Lipinski definition) is 0. The van der Waals surface area contributed by atoms with Gasteiger partial charge in [0.1, 0.15) is 5.75 Å². The molecule has 0 radical (unpaired) electrons. The van der Waals surface area contributed by atoms with Gasteiger partial charge in [-0.15, -0.1) is 0 Å². The fourth-order valence-corrected chi connectivity index (χ4v) is 2.15. The number of para-hydroxylation sites is 3. The van der Waals surface area contributed by atoms with Crippen LogP contribution < -0.4 is 14.2 Å². The number of Topliss-reactive ketones (excluding diaryl/α,β-unsaturated/α-hetero) is 1. The SMILES string of the molecule is CCOc1ccccc1OCCCOc1ccccc1C(C)=O. The van der Waals surface area contributed by atoms with Crippen LogP contribution in [0.25, 0.3) is 0 Å². The van der Waals surface area contributed by atoms with E-state index in [-0.39, 0.29) is 5.78 Å². The van der Waals surface area contributed by atoms with E-state index in [4.69, 9.17) is 14.2 Å². The highest BCUT2D eigenvalue weighted by Gasteiger charge is 2.07. The summed E-state index contributed by atoms with van der Waals surface area (Å²) in [6, 6.07) is 14.9. The standard InChI is InChI=1S/C19H22O4/c1-3-21-18-11-6-7-12-19(18)23-14-8-13-22-17-10-5-4-9-16(17)15(2)20/h4-7,9-12H,3,8,13-14H2,1-2H3. The van der Waals surface area contributed by atoms with Gasteiger partial charge >= 0.3 is 0 Å². The normalized spacial score (nSPS) is 10.2. The molecule has 0 aliphatic heterocycles. The second-order valence-electron chi connectivity index (χ2n) is 4.98. The van der Waals surface area contributed by atoms with Crippen molar-refractivity contribution in [2.24, 2.45) is 0 Å². The molecular weight excluding hydrogens is 292 g/mol. The molecule has 23 heavy (non-hydrogen) atoms. The number of hydrogen-bond acceptors (Lipinski definition) is 4. The molecule has 0 spiro atoms. The monoisotopic (exact) mass is 314 g/mol. The minimum atomic E-state index is 0.00231. The zero-order valence-corrected chi connectivity index (χ0v) is 13.6. The van der Waals surface area contributed by atoms with Crippen molar-refractivity contribution >= 4 is 5.78 Å². The van der Waals surface area contributed by atoms with E-state index in [0.717, 1.165) is 11.5 Å². The van der Waals surface area contributed by atoms with Crippen LogP contribution in [0.3, 0.4) is 0 Å². The van der Waals surface area contributed by atoms with Gasteiger partial charge in [0.25, 0.3) is 0 Å². The lowest BCUT2D eigenvalue weighted by Crippen LogP contribution is -2.07. The first kappa shape index (κ1) is 16.9. The van der Waals surface area contributed by atoms with Crippen LogP contribution >= 0.6 is 0 Å². The van der Waals surface area contributed by atoms with Crippen molar-refractivity contribution in [3.8, 4) is 17.2 Å². The van der Waals surface area contributed by atoms with Gasteiger partial charge in [-0.2, -0.15) is 0 Å². The maximum Gasteiger partial charge on any atom is 0.163 e. The predicted molar refractivity (Wildman–Crippen MR) is 89.7 cm³/mol. The Morgan fingerprint density at radius 1 is 0.826 bits per heavy atom. The zero-order chi connectivity index (χ0) is 16.5. The Balaban J connectivity index is 1.80. The van der Waals surface area contributed by atoms with Crippen LogP contribution in [0.1, 0.15) is 30.6 Å². The molecule has 2 aromatic rings. The summed E-state index contributed by atoms with van der Waals surface area (Å²) in [6.45, 7) is 5.09. The highest BCUT2D eigenvalue weighted by atomic mass is 16.5. The Labute approximate surface area is 137 Å². The number of ether oxygens (including phenoxy) is 3. The van der Waals surface area contributed by atoms with Crippen LogP contribution in [0.2, 0.25) is 0 Å². The third kappa shape index (κ3) is 5.02. The second kappa shape index (κ2) is 8.83. The molecule has 122 valence electrons. The molecular formula is C19H22O4. The Kier molecular flexibility index (Phi) is 6.48. The van der Waals surface area contributed by atoms with E-state index in [0.29, 0.717) is 37.6 Å². The fourth-order valence-electron chi connectivity index (χ4n) is 2.15.